The standard InChI is InChI=1S/C14H22N2O4S/c1-3-20-13-7-5-12(6-8-13)11-14(17)15-9-10-16-21(18,19)4-2/h5-8,16H,3-4,9-11H2,1-2H3,(H,15,17). The van der Waals surface area contributed by atoms with Crippen molar-refractivity contribution in [2.75, 3.05) is 25.4 Å². The summed E-state index contributed by atoms with van der Waals surface area (Å²) in [6, 6.07) is 7.32. The summed E-state index contributed by atoms with van der Waals surface area (Å²) in [6.07, 6.45) is 0.257. The zero-order valence-corrected chi connectivity index (χ0v) is 13.2. The van der Waals surface area contributed by atoms with Crippen molar-refractivity contribution in [3.63, 3.8) is 0 Å². The van der Waals surface area contributed by atoms with E-state index in [0.717, 1.165) is 11.3 Å². The van der Waals surface area contributed by atoms with Crippen LogP contribution in [0.25, 0.3) is 0 Å². The van der Waals surface area contributed by atoms with E-state index < -0.39 is 10.0 Å². The number of amides is 1. The molecule has 0 bridgehead atoms. The van der Waals surface area contributed by atoms with E-state index in [0.29, 0.717) is 6.61 Å². The monoisotopic (exact) mass is 314 g/mol. The number of hydrogen-bond acceptors (Lipinski definition) is 4. The number of nitrogens with one attached hydrogen (secondary N) is 2. The molecule has 0 aromatic heterocycles. The van der Waals surface area contributed by atoms with Gasteiger partial charge in [0.25, 0.3) is 0 Å². The summed E-state index contributed by atoms with van der Waals surface area (Å²) >= 11 is 0. The van der Waals surface area contributed by atoms with Gasteiger partial charge in [-0.1, -0.05) is 12.1 Å². The van der Waals surface area contributed by atoms with Crippen LogP contribution in [0, 0.1) is 0 Å². The summed E-state index contributed by atoms with van der Waals surface area (Å²) in [5.41, 5.74) is 0.880. The van der Waals surface area contributed by atoms with Gasteiger partial charge in [0.1, 0.15) is 5.75 Å². The Morgan fingerprint density at radius 3 is 2.38 bits per heavy atom. The maximum Gasteiger partial charge on any atom is 0.224 e. The first-order valence-corrected chi connectivity index (χ1v) is 8.58. The Labute approximate surface area is 125 Å². The lowest BCUT2D eigenvalue weighted by molar-refractivity contribution is -0.120. The fourth-order valence-electron chi connectivity index (χ4n) is 1.63. The molecule has 1 rings (SSSR count). The van der Waals surface area contributed by atoms with Crippen molar-refractivity contribution in [3.05, 3.63) is 29.8 Å². The SMILES string of the molecule is CCOc1ccc(CC(=O)NCCNS(=O)(=O)CC)cc1. The fourth-order valence-corrected chi connectivity index (χ4v) is 2.25. The van der Waals surface area contributed by atoms with Gasteiger partial charge in [-0.25, -0.2) is 13.1 Å². The maximum absolute atomic E-state index is 11.7. The molecule has 0 spiro atoms. The molecule has 0 saturated carbocycles. The minimum atomic E-state index is -3.20. The Kier molecular flexibility index (Phi) is 7.18. The van der Waals surface area contributed by atoms with Gasteiger partial charge >= 0.3 is 0 Å². The number of carbonyl (C=O) groups is 1. The second-order valence-electron chi connectivity index (χ2n) is 4.40. The Balaban J connectivity index is 2.30. The number of ether oxygens (including phenoxy) is 1. The molecule has 1 amide bonds. The van der Waals surface area contributed by atoms with Crippen LogP contribution in [0.1, 0.15) is 19.4 Å². The Bertz CT molecular complexity index is 541. The number of hydrogen-bond donors (Lipinski definition) is 2. The smallest absolute Gasteiger partial charge is 0.224 e. The van der Waals surface area contributed by atoms with E-state index in [4.69, 9.17) is 4.74 Å². The van der Waals surface area contributed by atoms with Crippen molar-refractivity contribution < 1.29 is 17.9 Å². The molecule has 1 aromatic carbocycles. The van der Waals surface area contributed by atoms with E-state index in [1.807, 2.05) is 31.2 Å². The average molecular weight is 314 g/mol. The quantitative estimate of drug-likeness (QED) is 0.657. The highest BCUT2D eigenvalue weighted by molar-refractivity contribution is 7.89. The Morgan fingerprint density at radius 2 is 1.81 bits per heavy atom. The first-order valence-electron chi connectivity index (χ1n) is 6.92. The van der Waals surface area contributed by atoms with Crippen LogP contribution >= 0.6 is 0 Å². The van der Waals surface area contributed by atoms with Crippen LogP contribution in [-0.4, -0.2) is 39.8 Å². The summed E-state index contributed by atoms with van der Waals surface area (Å²) in [5.74, 6) is 0.665. The lowest BCUT2D eigenvalue weighted by Crippen LogP contribution is -2.35. The molecule has 0 radical (unpaired) electrons. The number of carbonyl (C=O) groups excluding carboxylic acids is 1. The van der Waals surface area contributed by atoms with Crippen molar-refractivity contribution >= 4 is 15.9 Å². The third-order valence-corrected chi connectivity index (χ3v) is 4.15. The fraction of sp³-hybridized carbons (Fsp3) is 0.500. The lowest BCUT2D eigenvalue weighted by atomic mass is 10.1. The van der Waals surface area contributed by atoms with Crippen molar-refractivity contribution in [3.8, 4) is 5.75 Å². The van der Waals surface area contributed by atoms with E-state index in [9.17, 15) is 13.2 Å². The largest absolute Gasteiger partial charge is 0.494 e. The van der Waals surface area contributed by atoms with Crippen molar-refractivity contribution in [2.24, 2.45) is 0 Å². The Hall–Kier alpha value is -1.60. The van der Waals surface area contributed by atoms with E-state index in [1.165, 1.54) is 0 Å². The molecule has 1 aromatic rings. The molecule has 0 unspecified atom stereocenters. The summed E-state index contributed by atoms with van der Waals surface area (Å²) in [7, 11) is -3.20. The average Bonchev–Trinajstić information content (AvgIpc) is 2.46. The lowest BCUT2D eigenvalue weighted by Gasteiger charge is -2.07. The third kappa shape index (κ3) is 7.10. The Morgan fingerprint density at radius 1 is 1.14 bits per heavy atom. The first-order chi connectivity index (χ1) is 9.96. The van der Waals surface area contributed by atoms with Gasteiger partial charge in [0, 0.05) is 13.1 Å². The van der Waals surface area contributed by atoms with Crippen LogP contribution in [0.4, 0.5) is 0 Å². The van der Waals surface area contributed by atoms with E-state index in [2.05, 4.69) is 10.0 Å². The predicted molar refractivity (Wildman–Crippen MR) is 81.8 cm³/mol. The molecule has 0 atom stereocenters. The van der Waals surface area contributed by atoms with Gasteiger partial charge in [0.2, 0.25) is 15.9 Å². The molecule has 7 heteroatoms. The second-order valence-corrected chi connectivity index (χ2v) is 6.50. The highest BCUT2D eigenvalue weighted by Crippen LogP contribution is 2.12. The highest BCUT2D eigenvalue weighted by Gasteiger charge is 2.06. The van der Waals surface area contributed by atoms with Crippen LogP contribution < -0.4 is 14.8 Å². The van der Waals surface area contributed by atoms with Gasteiger partial charge in [-0.05, 0) is 31.5 Å². The summed E-state index contributed by atoms with van der Waals surface area (Å²) in [4.78, 5) is 11.7. The zero-order chi connectivity index (χ0) is 15.7. The minimum Gasteiger partial charge on any atom is -0.494 e. The van der Waals surface area contributed by atoms with E-state index >= 15 is 0 Å². The molecule has 118 valence electrons. The number of rotatable bonds is 9. The highest BCUT2D eigenvalue weighted by atomic mass is 32.2. The topological polar surface area (TPSA) is 84.5 Å². The van der Waals surface area contributed by atoms with Gasteiger partial charge in [0.05, 0.1) is 18.8 Å². The molecule has 6 nitrogen and oxygen atoms in total. The zero-order valence-electron chi connectivity index (χ0n) is 12.4. The maximum atomic E-state index is 11.7. The number of benzene rings is 1. The van der Waals surface area contributed by atoms with Crippen LogP contribution in [0.15, 0.2) is 24.3 Å². The minimum absolute atomic E-state index is 0.0348. The van der Waals surface area contributed by atoms with Crippen LogP contribution in [0.3, 0.4) is 0 Å². The molecule has 0 fully saturated rings. The van der Waals surface area contributed by atoms with Gasteiger partial charge in [0.15, 0.2) is 0 Å². The van der Waals surface area contributed by atoms with Gasteiger partial charge < -0.3 is 10.1 Å². The van der Waals surface area contributed by atoms with Gasteiger partial charge in [-0.15, -0.1) is 0 Å². The van der Waals surface area contributed by atoms with Crippen LogP contribution in [0.5, 0.6) is 5.75 Å². The van der Waals surface area contributed by atoms with E-state index in [1.54, 1.807) is 6.92 Å². The van der Waals surface area contributed by atoms with Gasteiger partial charge in [-0.3, -0.25) is 4.79 Å². The molecule has 0 aliphatic heterocycles. The molecule has 0 aliphatic carbocycles. The molecule has 0 heterocycles. The van der Waals surface area contributed by atoms with Crippen LogP contribution in [0.2, 0.25) is 0 Å². The summed E-state index contributed by atoms with van der Waals surface area (Å²) in [6.45, 7) is 4.55. The summed E-state index contributed by atoms with van der Waals surface area (Å²) < 4.78 is 30.1. The molecular weight excluding hydrogens is 292 g/mol. The first kappa shape index (κ1) is 17.5. The number of sulfonamides is 1. The van der Waals surface area contributed by atoms with Crippen molar-refractivity contribution in [1.82, 2.24) is 10.0 Å². The molecule has 21 heavy (non-hydrogen) atoms. The van der Waals surface area contributed by atoms with Crippen molar-refractivity contribution in [1.29, 1.82) is 0 Å². The normalized spacial score (nSPS) is 11.1. The van der Waals surface area contributed by atoms with Crippen LogP contribution in [-0.2, 0) is 21.2 Å². The van der Waals surface area contributed by atoms with Crippen molar-refractivity contribution in [2.45, 2.75) is 20.3 Å². The molecule has 0 saturated heterocycles. The summed E-state index contributed by atoms with van der Waals surface area (Å²) in [5, 5.41) is 2.67. The van der Waals surface area contributed by atoms with Gasteiger partial charge in [-0.2, -0.15) is 0 Å². The molecule has 2 N–H and O–H groups in total. The third-order valence-electron chi connectivity index (χ3n) is 2.75. The second kappa shape index (κ2) is 8.63. The van der Waals surface area contributed by atoms with E-state index in [-0.39, 0.29) is 31.2 Å². The predicted octanol–water partition coefficient (Wildman–Crippen LogP) is 0.683. The molecule has 0 aliphatic rings. The molecular formula is C14H22N2O4S.